The number of allylic oxidation sites excluding steroid dienone is 4. The third-order valence-electron chi connectivity index (χ3n) is 6.28. The van der Waals surface area contributed by atoms with Gasteiger partial charge in [0.1, 0.15) is 11.6 Å². The first kappa shape index (κ1) is 20.9. The van der Waals surface area contributed by atoms with Gasteiger partial charge in [-0.3, -0.25) is 4.68 Å². The first-order chi connectivity index (χ1) is 16.6. The van der Waals surface area contributed by atoms with Crippen LogP contribution in [0.3, 0.4) is 0 Å². The number of ether oxygens (including phenoxy) is 1. The van der Waals surface area contributed by atoms with Crippen molar-refractivity contribution in [1.82, 2.24) is 34.3 Å². The summed E-state index contributed by atoms with van der Waals surface area (Å²) in [5, 5.41) is 17.3. The van der Waals surface area contributed by atoms with Gasteiger partial charge in [0.25, 0.3) is 0 Å². The minimum Gasteiger partial charge on any atom is -0.478 e. The average Bonchev–Trinajstić information content (AvgIpc) is 3.41. The first-order valence-electron chi connectivity index (χ1n) is 11.3. The number of pyridine rings is 1. The number of hydrogen-bond donors (Lipinski definition) is 1. The molecule has 1 unspecified atom stereocenters. The van der Waals surface area contributed by atoms with Crippen LogP contribution in [0.4, 0.5) is 11.8 Å². The predicted molar refractivity (Wildman–Crippen MR) is 129 cm³/mol. The average molecular weight is 475 g/mol. The van der Waals surface area contributed by atoms with E-state index in [9.17, 15) is 0 Å². The Bertz CT molecular complexity index is 1440. The number of anilines is 2. The van der Waals surface area contributed by atoms with Crippen molar-refractivity contribution >= 4 is 29.0 Å². The second-order valence-corrected chi connectivity index (χ2v) is 9.03. The summed E-state index contributed by atoms with van der Waals surface area (Å²) in [6.07, 6.45) is 11.3. The zero-order chi connectivity index (χ0) is 23.1. The second-order valence-electron chi connectivity index (χ2n) is 8.54. The minimum atomic E-state index is 0.243. The zero-order valence-electron chi connectivity index (χ0n) is 18.6. The second kappa shape index (κ2) is 8.57. The van der Waals surface area contributed by atoms with Gasteiger partial charge in [-0.2, -0.15) is 5.10 Å². The maximum atomic E-state index is 6.17. The van der Waals surface area contributed by atoms with Gasteiger partial charge in [-0.1, -0.05) is 23.3 Å². The summed E-state index contributed by atoms with van der Waals surface area (Å²) in [7, 11) is 1.86. The molecular weight excluding hydrogens is 452 g/mol. The van der Waals surface area contributed by atoms with E-state index < -0.39 is 0 Å². The molecule has 0 fully saturated rings. The van der Waals surface area contributed by atoms with E-state index in [4.69, 9.17) is 16.3 Å². The molecule has 9 nitrogen and oxygen atoms in total. The number of hydrogen-bond acceptors (Lipinski definition) is 7. The van der Waals surface area contributed by atoms with E-state index in [0.29, 0.717) is 12.6 Å². The third-order valence-corrected chi connectivity index (χ3v) is 6.60. The van der Waals surface area contributed by atoms with Crippen molar-refractivity contribution in [3.63, 3.8) is 0 Å². The minimum absolute atomic E-state index is 0.243. The Kier molecular flexibility index (Phi) is 5.26. The van der Waals surface area contributed by atoms with Crippen LogP contribution in [-0.2, 0) is 7.05 Å². The van der Waals surface area contributed by atoms with Crippen LogP contribution >= 0.6 is 11.6 Å². The van der Waals surface area contributed by atoms with Crippen molar-refractivity contribution in [2.24, 2.45) is 7.05 Å². The van der Waals surface area contributed by atoms with Gasteiger partial charge in [0, 0.05) is 41.9 Å². The summed E-state index contributed by atoms with van der Waals surface area (Å²) in [6, 6.07) is 7.73. The molecule has 0 amide bonds. The van der Waals surface area contributed by atoms with E-state index >= 15 is 0 Å². The largest absolute Gasteiger partial charge is 0.478 e. The maximum Gasteiger partial charge on any atom is 0.228 e. The van der Waals surface area contributed by atoms with E-state index in [0.717, 1.165) is 65.1 Å². The molecule has 6 rings (SSSR count). The molecule has 34 heavy (non-hydrogen) atoms. The fraction of sp³-hybridized carbons (Fsp3) is 0.292. The van der Waals surface area contributed by atoms with Crippen LogP contribution in [-0.4, -0.2) is 41.0 Å². The van der Waals surface area contributed by atoms with Gasteiger partial charge in [-0.15, -0.1) is 10.2 Å². The van der Waals surface area contributed by atoms with Gasteiger partial charge in [0.05, 0.1) is 18.5 Å². The molecule has 4 aromatic heterocycles. The maximum absolute atomic E-state index is 6.17. The monoisotopic (exact) mass is 474 g/mol. The molecule has 4 aromatic rings. The molecule has 0 spiro atoms. The number of nitrogens with one attached hydrogen (secondary N) is 1. The molecule has 10 heteroatoms. The number of halogens is 1. The van der Waals surface area contributed by atoms with E-state index in [1.807, 2.05) is 41.8 Å². The van der Waals surface area contributed by atoms with Gasteiger partial charge < -0.3 is 10.1 Å². The van der Waals surface area contributed by atoms with Gasteiger partial charge >= 0.3 is 0 Å². The van der Waals surface area contributed by atoms with Crippen molar-refractivity contribution < 1.29 is 4.74 Å². The number of rotatable bonds is 5. The molecule has 0 aromatic carbocycles. The molecule has 1 aliphatic heterocycles. The normalized spacial score (nSPS) is 17.6. The molecule has 1 N–H and O–H groups in total. The van der Waals surface area contributed by atoms with Gasteiger partial charge in [-0.25, -0.2) is 14.4 Å². The van der Waals surface area contributed by atoms with Crippen LogP contribution in [0.5, 0.6) is 5.88 Å². The number of aryl methyl sites for hydroxylation is 1. The highest BCUT2D eigenvalue weighted by atomic mass is 35.5. The highest BCUT2D eigenvalue weighted by Gasteiger charge is 2.26. The lowest BCUT2D eigenvalue weighted by Crippen LogP contribution is -2.07. The molecule has 5 heterocycles. The van der Waals surface area contributed by atoms with Crippen LogP contribution in [0, 0.1) is 0 Å². The Morgan fingerprint density at radius 3 is 2.91 bits per heavy atom. The standard InChI is InChI=1S/C24H23ClN8O/c1-32-20(7-10-27-32)29-24-26-9-6-19(28-24)17-13-21-30-31-23-16(8-11-34-22(14-17)33(21)23)12-15-2-4-18(25)5-3-15/h2,4,6-7,9-10,13-14,16H,3,5,8,11-12H2,1H3,(H,26,28,29). The van der Waals surface area contributed by atoms with Gasteiger partial charge in [0.2, 0.25) is 11.8 Å². The van der Waals surface area contributed by atoms with E-state index in [2.05, 4.69) is 36.7 Å². The van der Waals surface area contributed by atoms with Crippen LogP contribution in [0.2, 0.25) is 0 Å². The van der Waals surface area contributed by atoms with Crippen LogP contribution in [0.1, 0.15) is 37.4 Å². The van der Waals surface area contributed by atoms with Crippen molar-refractivity contribution in [3.05, 3.63) is 65.2 Å². The molecule has 1 atom stereocenters. The van der Waals surface area contributed by atoms with E-state index in [-0.39, 0.29) is 5.92 Å². The molecule has 0 saturated carbocycles. The fourth-order valence-corrected chi connectivity index (χ4v) is 4.64. The summed E-state index contributed by atoms with van der Waals surface area (Å²) in [5.74, 6) is 3.21. The number of aromatic nitrogens is 7. The molecule has 172 valence electrons. The Hall–Kier alpha value is -3.72. The highest BCUT2D eigenvalue weighted by molar-refractivity contribution is 6.29. The Balaban J connectivity index is 1.33. The summed E-state index contributed by atoms with van der Waals surface area (Å²) >= 11 is 6.14. The molecule has 0 bridgehead atoms. The molecular formula is C24H23ClN8O. The van der Waals surface area contributed by atoms with Crippen LogP contribution < -0.4 is 10.1 Å². The highest BCUT2D eigenvalue weighted by Crippen LogP contribution is 2.36. The van der Waals surface area contributed by atoms with Crippen LogP contribution in [0.25, 0.3) is 16.9 Å². The topological polar surface area (TPSA) is 95.1 Å². The summed E-state index contributed by atoms with van der Waals surface area (Å²) < 4.78 is 9.93. The lowest BCUT2D eigenvalue weighted by atomic mass is 9.91. The lowest BCUT2D eigenvalue weighted by Gasteiger charge is -2.16. The first-order valence-corrected chi connectivity index (χ1v) is 11.7. The Labute approximate surface area is 201 Å². The molecule has 0 radical (unpaired) electrons. The summed E-state index contributed by atoms with van der Waals surface area (Å²) in [5.41, 5.74) is 3.80. The Morgan fingerprint density at radius 1 is 1.15 bits per heavy atom. The lowest BCUT2D eigenvalue weighted by molar-refractivity contribution is 0.296. The summed E-state index contributed by atoms with van der Waals surface area (Å²) in [6.45, 7) is 0.619. The summed E-state index contributed by atoms with van der Waals surface area (Å²) in [4.78, 5) is 9.03. The van der Waals surface area contributed by atoms with Crippen molar-refractivity contribution in [2.45, 2.75) is 31.6 Å². The quantitative estimate of drug-likeness (QED) is 0.445. The van der Waals surface area contributed by atoms with Crippen molar-refractivity contribution in [1.29, 1.82) is 0 Å². The zero-order valence-corrected chi connectivity index (χ0v) is 19.4. The molecule has 0 saturated heterocycles. The number of nitrogens with zero attached hydrogens (tertiary/aromatic N) is 7. The fourth-order valence-electron chi connectivity index (χ4n) is 4.49. The third kappa shape index (κ3) is 3.92. The van der Waals surface area contributed by atoms with Gasteiger partial charge in [-0.05, 0) is 43.9 Å². The van der Waals surface area contributed by atoms with Crippen molar-refractivity contribution in [3.8, 4) is 17.1 Å². The van der Waals surface area contributed by atoms with E-state index in [1.54, 1.807) is 17.1 Å². The Morgan fingerprint density at radius 2 is 2.09 bits per heavy atom. The van der Waals surface area contributed by atoms with Crippen molar-refractivity contribution in [2.75, 3.05) is 11.9 Å². The smallest absolute Gasteiger partial charge is 0.228 e. The molecule has 1 aliphatic carbocycles. The van der Waals surface area contributed by atoms with E-state index in [1.165, 1.54) is 5.57 Å². The van der Waals surface area contributed by atoms with Gasteiger partial charge in [0.15, 0.2) is 5.65 Å². The predicted octanol–water partition coefficient (Wildman–Crippen LogP) is 4.76. The molecule has 2 aliphatic rings. The van der Waals surface area contributed by atoms with Crippen LogP contribution in [0.15, 0.2) is 59.4 Å². The SMILES string of the molecule is Cn1nccc1Nc1nccc(-c2cc3n4c(nnc4c2)C(CC2=CC=C(Cl)CC2)CCO3)n1.